The Morgan fingerprint density at radius 2 is 2.08 bits per heavy atom. The number of nitrogens with zero attached hydrogens (tertiary/aromatic N) is 1. The molecule has 1 aromatic rings. The quantitative estimate of drug-likeness (QED) is 0.871. The molecule has 1 amide bonds. The van der Waals surface area contributed by atoms with Gasteiger partial charge in [-0.25, -0.2) is 0 Å². The summed E-state index contributed by atoms with van der Waals surface area (Å²) in [6.07, 6.45) is 4.30. The number of carbonyl (C=O) groups is 1. The molecule has 1 aliphatic heterocycles. The predicted molar refractivity (Wildman–Crippen MR) is 96.1 cm³/mol. The van der Waals surface area contributed by atoms with Gasteiger partial charge in [0, 0.05) is 24.7 Å². The van der Waals surface area contributed by atoms with E-state index in [0.717, 1.165) is 56.4 Å². The maximum atomic E-state index is 12.3. The minimum atomic E-state index is 0.0940. The van der Waals surface area contributed by atoms with Gasteiger partial charge < -0.3 is 10.4 Å². The number of carbonyl (C=O) groups excluding carboxylic acids is 1. The van der Waals surface area contributed by atoms with Crippen LogP contribution in [0.4, 0.5) is 0 Å². The van der Waals surface area contributed by atoms with Gasteiger partial charge in [-0.15, -0.1) is 0 Å². The lowest BCUT2D eigenvalue weighted by Gasteiger charge is -2.32. The summed E-state index contributed by atoms with van der Waals surface area (Å²) in [6, 6.07) is 4.46. The maximum absolute atomic E-state index is 12.3. The average molecular weight is 330 g/mol. The van der Waals surface area contributed by atoms with E-state index in [1.807, 2.05) is 6.07 Å². The Morgan fingerprint density at radius 3 is 2.75 bits per heavy atom. The van der Waals surface area contributed by atoms with Gasteiger partial charge in [-0.3, -0.25) is 9.69 Å². The Bertz CT molecular complexity index is 608. The number of likely N-dealkylation sites (tertiary alicyclic amines) is 1. The van der Waals surface area contributed by atoms with Gasteiger partial charge in [-0.1, -0.05) is 19.9 Å². The summed E-state index contributed by atoms with van der Waals surface area (Å²) in [6.45, 7) is 8.93. The number of phenolic OH excluding ortho intramolecular Hbond substituents is 1. The SMILES string of the molecule is Cc1cc(O)c(CN2CCCC(C(=O)NC3CC3)C2)cc1C(C)C. The summed E-state index contributed by atoms with van der Waals surface area (Å²) >= 11 is 0. The van der Waals surface area contributed by atoms with E-state index in [4.69, 9.17) is 0 Å². The summed E-state index contributed by atoms with van der Waals surface area (Å²) < 4.78 is 0. The maximum Gasteiger partial charge on any atom is 0.224 e. The van der Waals surface area contributed by atoms with E-state index in [1.165, 1.54) is 5.56 Å². The minimum absolute atomic E-state index is 0.0940. The molecule has 1 aliphatic carbocycles. The summed E-state index contributed by atoms with van der Waals surface area (Å²) in [7, 11) is 0. The predicted octanol–water partition coefficient (Wildman–Crippen LogP) is 3.31. The first-order valence-corrected chi connectivity index (χ1v) is 9.29. The first-order valence-electron chi connectivity index (χ1n) is 9.29. The molecule has 0 bridgehead atoms. The van der Waals surface area contributed by atoms with E-state index in [1.54, 1.807) is 0 Å². The van der Waals surface area contributed by atoms with Crippen molar-refractivity contribution in [3.8, 4) is 5.75 Å². The Morgan fingerprint density at radius 1 is 1.33 bits per heavy atom. The van der Waals surface area contributed by atoms with Crippen molar-refractivity contribution in [2.24, 2.45) is 5.92 Å². The van der Waals surface area contributed by atoms with Crippen LogP contribution < -0.4 is 5.32 Å². The number of amides is 1. The van der Waals surface area contributed by atoms with Crippen LogP contribution in [0, 0.1) is 12.8 Å². The van der Waals surface area contributed by atoms with Crippen LogP contribution in [0.5, 0.6) is 5.75 Å². The largest absolute Gasteiger partial charge is 0.508 e. The van der Waals surface area contributed by atoms with Gasteiger partial charge in [0.25, 0.3) is 0 Å². The molecule has 1 atom stereocenters. The summed E-state index contributed by atoms with van der Waals surface area (Å²) in [5.74, 6) is 1.14. The van der Waals surface area contributed by atoms with E-state index in [9.17, 15) is 9.90 Å². The van der Waals surface area contributed by atoms with Gasteiger partial charge in [0.2, 0.25) is 5.91 Å². The second-order valence-electron chi connectivity index (χ2n) is 7.85. The van der Waals surface area contributed by atoms with Gasteiger partial charge >= 0.3 is 0 Å². The number of phenols is 1. The Labute approximate surface area is 145 Å². The third-order valence-corrected chi connectivity index (χ3v) is 5.28. The van der Waals surface area contributed by atoms with Crippen LogP contribution in [-0.2, 0) is 11.3 Å². The van der Waals surface area contributed by atoms with Crippen molar-refractivity contribution in [2.75, 3.05) is 13.1 Å². The van der Waals surface area contributed by atoms with Crippen LogP contribution in [-0.4, -0.2) is 35.0 Å². The van der Waals surface area contributed by atoms with Crippen molar-refractivity contribution in [3.05, 3.63) is 28.8 Å². The van der Waals surface area contributed by atoms with Crippen LogP contribution in [0.25, 0.3) is 0 Å². The fraction of sp³-hybridized carbons (Fsp3) is 0.650. The highest BCUT2D eigenvalue weighted by atomic mass is 16.3. The molecule has 0 radical (unpaired) electrons. The van der Waals surface area contributed by atoms with E-state index in [2.05, 4.69) is 37.1 Å². The number of rotatable bonds is 5. The van der Waals surface area contributed by atoms with Gasteiger partial charge in [0.1, 0.15) is 5.75 Å². The number of benzene rings is 1. The monoisotopic (exact) mass is 330 g/mol. The fourth-order valence-corrected chi connectivity index (χ4v) is 3.71. The summed E-state index contributed by atoms with van der Waals surface area (Å²) in [5, 5.41) is 13.5. The van der Waals surface area contributed by atoms with E-state index in [0.29, 0.717) is 17.7 Å². The zero-order valence-electron chi connectivity index (χ0n) is 15.1. The molecule has 1 aromatic carbocycles. The Kier molecular flexibility index (Phi) is 5.14. The molecule has 24 heavy (non-hydrogen) atoms. The van der Waals surface area contributed by atoms with Crippen molar-refractivity contribution in [1.82, 2.24) is 10.2 Å². The van der Waals surface area contributed by atoms with Crippen LogP contribution in [0.1, 0.15) is 62.1 Å². The second kappa shape index (κ2) is 7.14. The van der Waals surface area contributed by atoms with Gasteiger partial charge in [-0.05, 0) is 62.3 Å². The first kappa shape index (κ1) is 17.3. The fourth-order valence-electron chi connectivity index (χ4n) is 3.71. The molecule has 1 unspecified atom stereocenters. The molecule has 1 saturated heterocycles. The minimum Gasteiger partial charge on any atom is -0.508 e. The molecule has 1 heterocycles. The highest BCUT2D eigenvalue weighted by Crippen LogP contribution is 2.29. The molecular formula is C20H30N2O2. The Balaban J connectivity index is 1.66. The van der Waals surface area contributed by atoms with Gasteiger partial charge in [-0.2, -0.15) is 0 Å². The molecule has 1 saturated carbocycles. The topological polar surface area (TPSA) is 52.6 Å². The zero-order valence-corrected chi connectivity index (χ0v) is 15.1. The molecule has 3 rings (SSSR count). The standard InChI is InChI=1S/C20H30N2O2/c1-13(2)18-10-16(19(23)9-14(18)3)12-22-8-4-5-15(11-22)20(24)21-17-6-7-17/h9-10,13,15,17,23H,4-8,11-12H2,1-3H3,(H,21,24). The number of piperidine rings is 1. The average Bonchev–Trinajstić information content (AvgIpc) is 3.34. The number of aryl methyl sites for hydroxylation is 1. The molecule has 2 aliphatic rings. The van der Waals surface area contributed by atoms with Crippen LogP contribution in [0.2, 0.25) is 0 Å². The van der Waals surface area contributed by atoms with E-state index < -0.39 is 0 Å². The van der Waals surface area contributed by atoms with Gasteiger partial charge in [0.15, 0.2) is 0 Å². The van der Waals surface area contributed by atoms with Crippen LogP contribution in [0.15, 0.2) is 12.1 Å². The normalized spacial score (nSPS) is 21.9. The first-order chi connectivity index (χ1) is 11.4. The van der Waals surface area contributed by atoms with Crippen molar-refractivity contribution < 1.29 is 9.90 Å². The van der Waals surface area contributed by atoms with Crippen molar-refractivity contribution >= 4 is 5.91 Å². The lowest BCUT2D eigenvalue weighted by Crippen LogP contribution is -2.43. The molecular weight excluding hydrogens is 300 g/mol. The molecule has 0 spiro atoms. The molecule has 132 valence electrons. The molecule has 0 aromatic heterocycles. The molecule has 2 N–H and O–H groups in total. The molecule has 4 heteroatoms. The lowest BCUT2D eigenvalue weighted by atomic mass is 9.93. The van der Waals surface area contributed by atoms with E-state index in [-0.39, 0.29) is 11.8 Å². The third kappa shape index (κ3) is 4.10. The summed E-state index contributed by atoms with van der Waals surface area (Å²) in [5.41, 5.74) is 3.42. The highest BCUT2D eigenvalue weighted by Gasteiger charge is 2.30. The number of nitrogens with one attached hydrogen (secondary N) is 1. The highest BCUT2D eigenvalue weighted by molar-refractivity contribution is 5.79. The second-order valence-corrected chi connectivity index (χ2v) is 7.85. The number of hydrogen-bond donors (Lipinski definition) is 2. The lowest BCUT2D eigenvalue weighted by molar-refractivity contribution is -0.126. The van der Waals surface area contributed by atoms with Crippen LogP contribution >= 0.6 is 0 Å². The third-order valence-electron chi connectivity index (χ3n) is 5.28. The molecule has 4 nitrogen and oxygen atoms in total. The summed E-state index contributed by atoms with van der Waals surface area (Å²) in [4.78, 5) is 14.6. The van der Waals surface area contributed by atoms with Crippen LogP contribution in [0.3, 0.4) is 0 Å². The van der Waals surface area contributed by atoms with Crippen molar-refractivity contribution in [2.45, 2.75) is 65.0 Å². The smallest absolute Gasteiger partial charge is 0.224 e. The number of aromatic hydroxyl groups is 1. The van der Waals surface area contributed by atoms with Crippen molar-refractivity contribution in [3.63, 3.8) is 0 Å². The Hall–Kier alpha value is -1.55. The molecule has 2 fully saturated rings. The number of hydrogen-bond acceptors (Lipinski definition) is 3. The van der Waals surface area contributed by atoms with E-state index >= 15 is 0 Å². The van der Waals surface area contributed by atoms with Crippen molar-refractivity contribution in [1.29, 1.82) is 0 Å². The zero-order chi connectivity index (χ0) is 17.3. The van der Waals surface area contributed by atoms with Gasteiger partial charge in [0.05, 0.1) is 5.92 Å².